The molecule has 0 aliphatic heterocycles. The zero-order chi connectivity index (χ0) is 42.2. The number of benzene rings is 8. The Morgan fingerprint density at radius 2 is 0.738 bits per heavy atom. The van der Waals surface area contributed by atoms with Crippen molar-refractivity contribution >= 4 is 33.6 Å². The van der Waals surface area contributed by atoms with Crippen molar-refractivity contribution < 1.29 is 22.0 Å². The van der Waals surface area contributed by atoms with Gasteiger partial charge in [0.05, 0.1) is 22.8 Å². The van der Waals surface area contributed by atoms with E-state index in [1.165, 1.54) is 60.7 Å². The van der Waals surface area contributed by atoms with E-state index in [9.17, 15) is 17.6 Å². The summed E-state index contributed by atoms with van der Waals surface area (Å²) >= 11 is 0. The standard InChI is InChI=1S/C54H39F5N2/c1-3-32-8-5-9-33(4-2)51(32)60-53-44-12-6-10-34-11-7-13-45(50(34)44)54(53)61-52-46(48(35-14-22-39(55)23-15-35)36-16-24-40(56)25-17-36)30-43(59)31-47(52)49(37-18-26-41(57)27-19-37)38-20-28-42(58)29-21-38/h5-31,48-49H,3-4H2,1-2H3. The van der Waals surface area contributed by atoms with Crippen molar-refractivity contribution in [3.05, 3.63) is 249 Å². The van der Waals surface area contributed by atoms with Crippen molar-refractivity contribution in [2.75, 3.05) is 0 Å². The number of aliphatic imine (C=N–C) groups is 2. The van der Waals surface area contributed by atoms with Gasteiger partial charge in [0.25, 0.3) is 0 Å². The first-order valence-corrected chi connectivity index (χ1v) is 20.4. The molecule has 0 spiro atoms. The third-order valence-electron chi connectivity index (χ3n) is 11.6. The van der Waals surface area contributed by atoms with Crippen molar-refractivity contribution in [2.24, 2.45) is 9.98 Å². The molecule has 0 unspecified atom stereocenters. The molecule has 8 aromatic rings. The first-order valence-electron chi connectivity index (χ1n) is 20.4. The molecule has 0 atom stereocenters. The Hall–Kier alpha value is -6.99. The molecule has 0 aromatic heterocycles. The topological polar surface area (TPSA) is 24.7 Å². The molecule has 0 bridgehead atoms. The van der Waals surface area contributed by atoms with Crippen molar-refractivity contribution in [1.29, 1.82) is 0 Å². The molecule has 1 aliphatic carbocycles. The number of hydrogen-bond acceptors (Lipinski definition) is 2. The van der Waals surface area contributed by atoms with Crippen LogP contribution in [0.1, 0.15) is 81.3 Å². The quantitative estimate of drug-likeness (QED) is 0.0971. The van der Waals surface area contributed by atoms with Crippen LogP contribution in [0.25, 0.3) is 10.8 Å². The minimum absolute atomic E-state index is 0.380. The van der Waals surface area contributed by atoms with Gasteiger partial charge in [-0.15, -0.1) is 0 Å². The molecule has 0 N–H and O–H groups in total. The van der Waals surface area contributed by atoms with Gasteiger partial charge >= 0.3 is 0 Å². The van der Waals surface area contributed by atoms with Gasteiger partial charge in [0.2, 0.25) is 0 Å². The van der Waals surface area contributed by atoms with Gasteiger partial charge in [0, 0.05) is 28.3 Å². The van der Waals surface area contributed by atoms with Crippen molar-refractivity contribution in [1.82, 2.24) is 0 Å². The minimum atomic E-state index is -0.774. The van der Waals surface area contributed by atoms with E-state index in [1.54, 1.807) is 48.5 Å². The van der Waals surface area contributed by atoms with Crippen LogP contribution in [0.15, 0.2) is 174 Å². The Bertz CT molecular complexity index is 2740. The summed E-state index contributed by atoms with van der Waals surface area (Å²) in [5.74, 6) is -3.95. The molecule has 9 rings (SSSR count). The summed E-state index contributed by atoms with van der Waals surface area (Å²) in [6, 6.07) is 45.0. The summed E-state index contributed by atoms with van der Waals surface area (Å²) in [5, 5.41) is 1.97. The molecule has 1 aliphatic rings. The summed E-state index contributed by atoms with van der Waals surface area (Å²) in [7, 11) is 0. The molecule has 0 amide bonds. The van der Waals surface area contributed by atoms with Gasteiger partial charge in [-0.05, 0) is 123 Å². The average Bonchev–Trinajstić information content (AvgIpc) is 3.57. The largest absolute Gasteiger partial charge is 0.246 e. The maximum atomic E-state index is 16.8. The summed E-state index contributed by atoms with van der Waals surface area (Å²) in [4.78, 5) is 11.2. The van der Waals surface area contributed by atoms with E-state index in [0.29, 0.717) is 50.5 Å². The molecule has 0 saturated carbocycles. The third-order valence-corrected chi connectivity index (χ3v) is 11.6. The normalized spacial score (nSPS) is 13.7. The summed E-state index contributed by atoms with van der Waals surface area (Å²) in [5.41, 5.74) is 9.62. The third kappa shape index (κ3) is 7.57. The van der Waals surface area contributed by atoms with Crippen LogP contribution >= 0.6 is 0 Å². The van der Waals surface area contributed by atoms with E-state index in [1.807, 2.05) is 42.5 Å². The fraction of sp³-hybridized carbons (Fsp3) is 0.111. The van der Waals surface area contributed by atoms with E-state index >= 15 is 4.39 Å². The summed E-state index contributed by atoms with van der Waals surface area (Å²) < 4.78 is 75.2. The van der Waals surface area contributed by atoms with Crippen LogP contribution in [0.3, 0.4) is 0 Å². The number of hydrogen-bond donors (Lipinski definition) is 0. The molecule has 8 aromatic carbocycles. The molecule has 7 heteroatoms. The number of rotatable bonds is 10. The van der Waals surface area contributed by atoms with E-state index in [-0.39, 0.29) is 0 Å². The highest BCUT2D eigenvalue weighted by molar-refractivity contribution is 6.61. The Morgan fingerprint density at radius 3 is 1.10 bits per heavy atom. The van der Waals surface area contributed by atoms with Crippen LogP contribution in [0.2, 0.25) is 0 Å². The maximum absolute atomic E-state index is 16.8. The Kier molecular flexibility index (Phi) is 10.7. The number of aryl methyl sites for hydroxylation is 2. The molecular weight excluding hydrogens is 772 g/mol. The maximum Gasteiger partial charge on any atom is 0.123 e. The fourth-order valence-corrected chi connectivity index (χ4v) is 8.73. The lowest BCUT2D eigenvalue weighted by atomic mass is 9.79. The van der Waals surface area contributed by atoms with Crippen LogP contribution in [0, 0.1) is 29.1 Å². The lowest BCUT2D eigenvalue weighted by Crippen LogP contribution is -2.14. The van der Waals surface area contributed by atoms with Gasteiger partial charge in [0.15, 0.2) is 0 Å². The predicted molar refractivity (Wildman–Crippen MR) is 235 cm³/mol. The highest BCUT2D eigenvalue weighted by Gasteiger charge is 2.32. The van der Waals surface area contributed by atoms with Gasteiger partial charge in [0.1, 0.15) is 29.1 Å². The summed E-state index contributed by atoms with van der Waals surface area (Å²) in [6.45, 7) is 4.20. The second-order valence-electron chi connectivity index (χ2n) is 15.3. The average molecular weight is 811 g/mol. The van der Waals surface area contributed by atoms with Gasteiger partial charge < -0.3 is 0 Å². The molecule has 300 valence electrons. The molecule has 0 radical (unpaired) electrons. The first kappa shape index (κ1) is 39.5. The van der Waals surface area contributed by atoms with E-state index in [2.05, 4.69) is 26.0 Å². The highest BCUT2D eigenvalue weighted by atomic mass is 19.1. The smallest absolute Gasteiger partial charge is 0.123 e. The van der Waals surface area contributed by atoms with Crippen LogP contribution in [-0.2, 0) is 12.8 Å². The predicted octanol–water partition coefficient (Wildman–Crippen LogP) is 14.3. The van der Waals surface area contributed by atoms with E-state index in [4.69, 9.17) is 9.98 Å². The van der Waals surface area contributed by atoms with Crippen molar-refractivity contribution in [3.8, 4) is 0 Å². The Labute approximate surface area is 351 Å². The second kappa shape index (κ2) is 16.6. The van der Waals surface area contributed by atoms with Crippen molar-refractivity contribution in [3.63, 3.8) is 0 Å². The lowest BCUT2D eigenvalue weighted by molar-refractivity contribution is 0.618. The number of para-hydroxylation sites is 1. The molecular formula is C54H39F5N2. The zero-order valence-electron chi connectivity index (χ0n) is 33.4. The van der Waals surface area contributed by atoms with Gasteiger partial charge in [-0.1, -0.05) is 117 Å². The highest BCUT2D eigenvalue weighted by Crippen LogP contribution is 2.47. The van der Waals surface area contributed by atoms with Crippen LogP contribution < -0.4 is 0 Å². The fourth-order valence-electron chi connectivity index (χ4n) is 8.73. The molecule has 0 saturated heterocycles. The Morgan fingerprint density at radius 1 is 0.393 bits per heavy atom. The van der Waals surface area contributed by atoms with Gasteiger partial charge in [-0.3, -0.25) is 0 Å². The first-order chi connectivity index (χ1) is 29.7. The van der Waals surface area contributed by atoms with Crippen molar-refractivity contribution in [2.45, 2.75) is 38.5 Å². The Balaban J connectivity index is 1.43. The molecule has 0 heterocycles. The lowest BCUT2D eigenvalue weighted by Gasteiger charge is -2.27. The van der Waals surface area contributed by atoms with E-state index in [0.717, 1.165) is 51.6 Å². The summed E-state index contributed by atoms with van der Waals surface area (Å²) in [6.07, 6.45) is 1.51. The molecule has 61 heavy (non-hydrogen) atoms. The van der Waals surface area contributed by atoms with Crippen LogP contribution in [0.4, 0.5) is 33.3 Å². The zero-order valence-corrected chi connectivity index (χ0v) is 33.4. The number of nitrogens with zero attached hydrogens (tertiary/aromatic N) is 2. The van der Waals surface area contributed by atoms with Gasteiger partial charge in [-0.2, -0.15) is 0 Å². The monoisotopic (exact) mass is 810 g/mol. The second-order valence-corrected chi connectivity index (χ2v) is 15.3. The number of halogens is 5. The molecule has 2 nitrogen and oxygen atoms in total. The molecule has 0 fully saturated rings. The van der Waals surface area contributed by atoms with Gasteiger partial charge in [-0.25, -0.2) is 31.9 Å². The van der Waals surface area contributed by atoms with Crippen LogP contribution in [-0.4, -0.2) is 11.4 Å². The van der Waals surface area contributed by atoms with E-state index < -0.39 is 40.9 Å². The van der Waals surface area contributed by atoms with Crippen LogP contribution in [0.5, 0.6) is 0 Å². The minimum Gasteiger partial charge on any atom is -0.246 e. The SMILES string of the molecule is CCc1cccc(CC)c1N=C1C(=Nc2c(C(c3ccc(F)cc3)c3ccc(F)cc3)cc(F)cc2C(c2ccc(F)cc2)c2ccc(F)cc2)c2cccc3cccc1c23.